The zero-order valence-electron chi connectivity index (χ0n) is 25.7. The summed E-state index contributed by atoms with van der Waals surface area (Å²) in [4.78, 5) is 2.23. The number of nitrogens with zero attached hydrogens (tertiary/aromatic N) is 2. The van der Waals surface area contributed by atoms with E-state index in [1.165, 1.54) is 51.5 Å². The third-order valence-electron chi connectivity index (χ3n) is 9.36. The van der Waals surface area contributed by atoms with E-state index < -0.39 is 0 Å². The van der Waals surface area contributed by atoms with Crippen LogP contribution in [0.3, 0.4) is 0 Å². The maximum Gasteiger partial charge on any atom is 0.136 e. The molecule has 3 nitrogen and oxygen atoms in total. The van der Waals surface area contributed by atoms with Crippen molar-refractivity contribution < 1.29 is 4.74 Å². The van der Waals surface area contributed by atoms with Gasteiger partial charge < -0.3 is 14.2 Å². The first-order chi connectivity index (χ1) is 22.1. The van der Waals surface area contributed by atoms with Crippen LogP contribution < -0.4 is 9.64 Å². The van der Waals surface area contributed by atoms with Crippen LogP contribution in [0.25, 0.3) is 49.8 Å². The van der Waals surface area contributed by atoms with Crippen LogP contribution in [0.1, 0.15) is 43.7 Å². The Morgan fingerprint density at radius 1 is 0.756 bits per heavy atom. The zero-order valence-corrected chi connectivity index (χ0v) is 25.7. The molecule has 0 saturated heterocycles. The monoisotopic (exact) mass is 584 g/mol. The number of para-hydroxylation sites is 2. The standard InChI is InChI=1S/C42H36N2O/c1-28-13-11-12-24-43(41-25-29(2)34-16-8-10-19-42(34)45-30(41)3)38-22-20-31(26-36(28)38)32-21-23-40-37(27-32)35-17-7-9-18-39(35)44(40)33-14-5-4-6-15-33/h7-14,16-27,30H,1-2,4-6,15H2,3H3/b13-11-,24-12-. The molecule has 0 bridgehead atoms. The van der Waals surface area contributed by atoms with E-state index in [1.54, 1.807) is 0 Å². The Kier molecular flexibility index (Phi) is 6.68. The van der Waals surface area contributed by atoms with Crippen LogP contribution in [-0.2, 0) is 0 Å². The van der Waals surface area contributed by atoms with Crippen LogP contribution in [0.4, 0.5) is 5.69 Å². The quantitative estimate of drug-likeness (QED) is 0.210. The summed E-state index contributed by atoms with van der Waals surface area (Å²) in [6, 6.07) is 30.6. The molecule has 0 spiro atoms. The molecule has 5 aromatic rings. The van der Waals surface area contributed by atoms with Gasteiger partial charge >= 0.3 is 0 Å². The van der Waals surface area contributed by atoms with E-state index in [-0.39, 0.29) is 6.10 Å². The van der Waals surface area contributed by atoms with Gasteiger partial charge in [-0.05, 0) is 103 Å². The van der Waals surface area contributed by atoms with Crippen molar-refractivity contribution in [1.82, 2.24) is 4.57 Å². The fraction of sp³-hybridized carbons (Fsp3) is 0.143. The van der Waals surface area contributed by atoms with E-state index >= 15 is 0 Å². The second kappa shape index (κ2) is 11.0. The van der Waals surface area contributed by atoms with Crippen LogP contribution in [0.2, 0.25) is 0 Å². The molecular weight excluding hydrogens is 548 g/mol. The lowest BCUT2D eigenvalue weighted by atomic mass is 9.95. The van der Waals surface area contributed by atoms with Crippen molar-refractivity contribution in [2.24, 2.45) is 0 Å². The third kappa shape index (κ3) is 4.67. The molecule has 45 heavy (non-hydrogen) atoms. The molecule has 0 amide bonds. The molecule has 0 saturated carbocycles. The Bertz CT molecular complexity index is 2150. The SMILES string of the molecule is C=C1C=C(N2/C=C\C=C/C(=C)c3cc(-c4ccc5c(c4)c4ccccc4n5C4=CCCCC4)ccc32)C(C)Oc2ccccc21. The van der Waals surface area contributed by atoms with E-state index in [2.05, 4.69) is 133 Å². The number of ether oxygens (including phenoxy) is 1. The topological polar surface area (TPSA) is 17.4 Å². The first-order valence-electron chi connectivity index (χ1n) is 15.9. The Hall–Kier alpha value is -5.28. The van der Waals surface area contributed by atoms with Crippen LogP contribution in [0, 0.1) is 0 Å². The predicted molar refractivity (Wildman–Crippen MR) is 191 cm³/mol. The number of anilines is 1. The van der Waals surface area contributed by atoms with Crippen molar-refractivity contribution in [2.45, 2.75) is 38.7 Å². The van der Waals surface area contributed by atoms with Gasteiger partial charge in [-0.2, -0.15) is 0 Å². The van der Waals surface area contributed by atoms with Gasteiger partial charge in [0.1, 0.15) is 11.9 Å². The first kappa shape index (κ1) is 27.3. The highest BCUT2D eigenvalue weighted by Gasteiger charge is 2.26. The highest BCUT2D eigenvalue weighted by molar-refractivity contribution is 6.11. The summed E-state index contributed by atoms with van der Waals surface area (Å²) in [6.07, 6.45) is 17.5. The van der Waals surface area contributed by atoms with Gasteiger partial charge in [-0.1, -0.05) is 79.9 Å². The van der Waals surface area contributed by atoms with Gasteiger partial charge in [0, 0.05) is 33.8 Å². The molecule has 1 atom stereocenters. The molecule has 3 heteroatoms. The molecule has 3 aliphatic rings. The first-order valence-corrected chi connectivity index (χ1v) is 15.9. The minimum absolute atomic E-state index is 0.182. The van der Waals surface area contributed by atoms with Gasteiger partial charge in [0.15, 0.2) is 0 Å². The van der Waals surface area contributed by atoms with E-state index in [1.807, 2.05) is 18.2 Å². The number of allylic oxidation sites excluding steroid dienone is 8. The largest absolute Gasteiger partial charge is 0.484 e. The van der Waals surface area contributed by atoms with Gasteiger partial charge in [-0.25, -0.2) is 0 Å². The zero-order chi connectivity index (χ0) is 30.5. The second-order valence-corrected chi connectivity index (χ2v) is 12.2. The second-order valence-electron chi connectivity index (χ2n) is 12.2. The van der Waals surface area contributed by atoms with E-state index in [9.17, 15) is 0 Å². The summed E-state index contributed by atoms with van der Waals surface area (Å²) in [5.41, 5.74) is 12.4. The molecule has 0 fully saturated rings. The lowest BCUT2D eigenvalue weighted by Crippen LogP contribution is -2.28. The van der Waals surface area contributed by atoms with Gasteiger partial charge in [0.05, 0.1) is 22.4 Å². The maximum atomic E-state index is 6.47. The van der Waals surface area contributed by atoms with Gasteiger partial charge in [-0.3, -0.25) is 0 Å². The summed E-state index contributed by atoms with van der Waals surface area (Å²) in [5.74, 6) is 0.855. The molecular formula is C42H36N2O. The summed E-state index contributed by atoms with van der Waals surface area (Å²) in [5, 5.41) is 2.59. The minimum Gasteiger partial charge on any atom is -0.484 e. The van der Waals surface area contributed by atoms with E-state index in [0.29, 0.717) is 0 Å². The Balaban J connectivity index is 1.24. The molecule has 2 aliphatic heterocycles. The fourth-order valence-electron chi connectivity index (χ4n) is 7.10. The number of benzene rings is 4. The number of rotatable bonds is 3. The normalized spacial score (nSPS) is 19.5. The van der Waals surface area contributed by atoms with Gasteiger partial charge in [-0.15, -0.1) is 0 Å². The van der Waals surface area contributed by atoms with Crippen molar-refractivity contribution in [3.05, 3.63) is 151 Å². The van der Waals surface area contributed by atoms with Crippen molar-refractivity contribution in [1.29, 1.82) is 0 Å². The number of aromatic nitrogens is 1. The smallest absolute Gasteiger partial charge is 0.136 e. The van der Waals surface area contributed by atoms with Crippen molar-refractivity contribution in [3.63, 3.8) is 0 Å². The Labute approximate surface area is 265 Å². The van der Waals surface area contributed by atoms with Crippen molar-refractivity contribution in [2.75, 3.05) is 4.90 Å². The summed E-state index contributed by atoms with van der Waals surface area (Å²) in [6.45, 7) is 11.0. The Morgan fingerprint density at radius 2 is 1.56 bits per heavy atom. The lowest BCUT2D eigenvalue weighted by Gasteiger charge is -2.30. The average Bonchev–Trinajstić information content (AvgIpc) is 3.34. The molecule has 8 rings (SSSR count). The maximum absolute atomic E-state index is 6.47. The summed E-state index contributed by atoms with van der Waals surface area (Å²) in [7, 11) is 0. The third-order valence-corrected chi connectivity index (χ3v) is 9.36. The summed E-state index contributed by atoms with van der Waals surface area (Å²) < 4.78 is 8.96. The van der Waals surface area contributed by atoms with E-state index in [4.69, 9.17) is 4.74 Å². The van der Waals surface area contributed by atoms with Crippen LogP contribution >= 0.6 is 0 Å². The van der Waals surface area contributed by atoms with Gasteiger partial charge in [0.25, 0.3) is 0 Å². The van der Waals surface area contributed by atoms with Crippen molar-refractivity contribution in [3.8, 4) is 16.9 Å². The molecule has 220 valence electrons. The number of hydrogen-bond acceptors (Lipinski definition) is 2. The molecule has 4 aromatic carbocycles. The molecule has 1 unspecified atom stereocenters. The molecule has 1 aliphatic carbocycles. The van der Waals surface area contributed by atoms with Crippen LogP contribution in [0.5, 0.6) is 5.75 Å². The van der Waals surface area contributed by atoms with Crippen molar-refractivity contribution >= 4 is 44.3 Å². The highest BCUT2D eigenvalue weighted by Crippen LogP contribution is 2.41. The molecule has 3 heterocycles. The number of hydrogen-bond donors (Lipinski definition) is 0. The van der Waals surface area contributed by atoms with Gasteiger partial charge in [0.2, 0.25) is 0 Å². The molecule has 0 radical (unpaired) electrons. The molecule has 0 N–H and O–H groups in total. The number of fused-ring (bicyclic) bond motifs is 5. The average molecular weight is 585 g/mol. The predicted octanol–water partition coefficient (Wildman–Crippen LogP) is 11.2. The Morgan fingerprint density at radius 3 is 2.44 bits per heavy atom. The lowest BCUT2D eigenvalue weighted by molar-refractivity contribution is 0.256. The van der Waals surface area contributed by atoms with E-state index in [0.717, 1.165) is 52.2 Å². The fourth-order valence-corrected chi connectivity index (χ4v) is 7.10. The summed E-state index contributed by atoms with van der Waals surface area (Å²) >= 11 is 0. The van der Waals surface area contributed by atoms with Crippen LogP contribution in [0.15, 0.2) is 140 Å². The highest BCUT2D eigenvalue weighted by atomic mass is 16.5. The minimum atomic E-state index is -0.182. The molecule has 1 aromatic heterocycles. The van der Waals surface area contributed by atoms with Crippen LogP contribution in [-0.4, -0.2) is 10.7 Å².